The predicted octanol–water partition coefficient (Wildman–Crippen LogP) is 16.8. The molecule has 576 valence electrons. The number of halogens is 8. The molecule has 6 bridgehead atoms. The van der Waals surface area contributed by atoms with Crippen LogP contribution >= 0.6 is 0 Å². The molecule has 4 aliphatic heterocycles. The Hall–Kier alpha value is -3.49. The molecule has 8 aliphatic rings. The molecule has 8 fully saturated rings. The zero-order chi connectivity index (χ0) is 68.3. The minimum absolute atomic E-state index is 0. The van der Waals surface area contributed by atoms with E-state index in [9.17, 15) is 79.5 Å². The van der Waals surface area contributed by atoms with Gasteiger partial charge in [0.2, 0.25) is 5.60 Å². The van der Waals surface area contributed by atoms with Crippen LogP contribution in [0, 0.1) is 44.3 Å². The summed E-state index contributed by atoms with van der Waals surface area (Å²) in [6, 6.07) is 0. The largest absolute Gasteiger partial charge is 0.462 e. The maximum absolute atomic E-state index is 14.0. The van der Waals surface area contributed by atoms with Gasteiger partial charge in [-0.15, -0.1) is 0 Å². The van der Waals surface area contributed by atoms with Crippen LogP contribution in [0.2, 0.25) is 0 Å². The summed E-state index contributed by atoms with van der Waals surface area (Å²) >= 11 is 0. The van der Waals surface area contributed by atoms with Gasteiger partial charge in [-0.3, -0.25) is 24.0 Å². The first-order valence-electron chi connectivity index (χ1n) is 30.7. The Morgan fingerprint density at radius 3 is 1.32 bits per heavy atom. The van der Waals surface area contributed by atoms with Crippen LogP contribution in [-0.4, -0.2) is 152 Å². The standard InChI is InChI=1S/C22H38O4.C19H31F3O5.C12H17F5O4.C10H16O4.8CH4/c1-8-17(2,3)16(23)26-22-11-15-9-20(13-22,18(4,5)24)12-21(10-15,14-22)19(6,7)25;1-7-16(2,3)15(23)27-14-9-12-11(8-13(14)26-12)17(4,5)25-10-18(6,24)19(20,21)22;1-5-8(2,3)7(18)21-9(4)6-20-11(19,10(9,13)14)12(15,16)17;1-4-10(2,3)9(12)14-7-5-8(11)13-6-7;;;;;;;;/h15,24-25H,8-14H2,1-7H3;11-14,24H,7-10H2,1-6H3;19H,5-6H2,1-4H3;7H,4-6H2,1-3H3;8*1H4. The van der Waals surface area contributed by atoms with Crippen molar-refractivity contribution in [1.29, 1.82) is 0 Å². The molecule has 0 amide bonds. The molecule has 4 aliphatic carbocycles. The number of ether oxygens (including phenoxy) is 8. The smallest absolute Gasteiger partial charge is 0.449 e. The topological polar surface area (TPSA) is 240 Å². The number of alkyl halides is 8. The van der Waals surface area contributed by atoms with Gasteiger partial charge in [-0.25, -0.2) is 0 Å². The third-order valence-corrected chi connectivity index (χ3v) is 20.8. The lowest BCUT2D eigenvalue weighted by atomic mass is 9.37. The molecule has 10 atom stereocenters. The molecule has 25 heteroatoms. The lowest BCUT2D eigenvalue weighted by Gasteiger charge is -2.70. The van der Waals surface area contributed by atoms with Gasteiger partial charge in [-0.2, -0.15) is 35.1 Å². The monoisotopic (exact) mass is 1410 g/mol. The second-order valence-corrected chi connectivity index (χ2v) is 30.6. The molecule has 17 nitrogen and oxygen atoms in total. The maximum Gasteiger partial charge on any atom is 0.449 e. The van der Waals surface area contributed by atoms with Gasteiger partial charge < -0.3 is 58.3 Å². The third kappa shape index (κ3) is 20.8. The van der Waals surface area contributed by atoms with Crippen molar-refractivity contribution in [1.82, 2.24) is 0 Å². The van der Waals surface area contributed by atoms with Gasteiger partial charge in [0.05, 0.1) is 70.3 Å². The molecule has 8 rings (SSSR count). The number of aliphatic hydroxyl groups is 4. The summed E-state index contributed by atoms with van der Waals surface area (Å²) in [6.07, 6.45) is -3.15. The molecule has 0 aromatic carbocycles. The first kappa shape index (κ1) is 101. The molecule has 10 unspecified atom stereocenters. The summed E-state index contributed by atoms with van der Waals surface area (Å²) < 4.78 is 146. The minimum atomic E-state index is -5.74. The highest BCUT2D eigenvalue weighted by Crippen LogP contribution is 2.73. The van der Waals surface area contributed by atoms with E-state index >= 15 is 0 Å². The molecule has 0 radical (unpaired) electrons. The van der Waals surface area contributed by atoms with Gasteiger partial charge in [0, 0.05) is 23.2 Å². The molecular formula is C71H134F8O17. The van der Waals surface area contributed by atoms with Gasteiger partial charge in [-0.05, 0) is 187 Å². The molecule has 4 saturated heterocycles. The number of rotatable bonds is 18. The molecular weight excluding hydrogens is 1280 g/mol. The Kier molecular flexibility index (Phi) is 35.3. The number of hydrogen-bond donors (Lipinski definition) is 4. The highest BCUT2D eigenvalue weighted by atomic mass is 19.4. The average Bonchev–Trinajstić information content (AvgIpc) is 0.870. The summed E-state index contributed by atoms with van der Waals surface area (Å²) in [7, 11) is 0. The van der Waals surface area contributed by atoms with Crippen LogP contribution in [0.3, 0.4) is 0 Å². The predicted molar refractivity (Wildman–Crippen MR) is 357 cm³/mol. The fourth-order valence-corrected chi connectivity index (χ4v) is 12.4. The van der Waals surface area contributed by atoms with E-state index in [2.05, 4.69) is 9.47 Å². The second-order valence-electron chi connectivity index (χ2n) is 30.6. The van der Waals surface area contributed by atoms with Crippen molar-refractivity contribution in [2.75, 3.05) is 19.8 Å². The third-order valence-electron chi connectivity index (χ3n) is 20.8. The zero-order valence-corrected chi connectivity index (χ0v) is 55.4. The first-order chi connectivity index (χ1) is 39.3. The van der Waals surface area contributed by atoms with E-state index in [4.69, 9.17) is 28.4 Å². The Bertz CT molecular complexity index is 2470. The fraction of sp³-hybridized carbons (Fsp3) is 0.930. The molecule has 0 spiro atoms. The number of fused-ring (bicyclic) bond motifs is 2. The van der Waals surface area contributed by atoms with Crippen LogP contribution in [0.15, 0.2) is 0 Å². The second kappa shape index (κ2) is 33.5. The summed E-state index contributed by atoms with van der Waals surface area (Å²) in [5.74, 6) is -11.3. The summed E-state index contributed by atoms with van der Waals surface area (Å²) in [5.41, 5.74) is -12.3. The highest BCUT2D eigenvalue weighted by Gasteiger charge is 2.83. The van der Waals surface area contributed by atoms with Crippen LogP contribution in [0.25, 0.3) is 0 Å². The van der Waals surface area contributed by atoms with Gasteiger partial charge >= 0.3 is 53.9 Å². The van der Waals surface area contributed by atoms with Crippen LogP contribution in [0.5, 0.6) is 0 Å². The number of carbonyl (C=O) groups excluding carboxylic acids is 5. The maximum atomic E-state index is 14.0. The van der Waals surface area contributed by atoms with Crippen LogP contribution in [0.4, 0.5) is 35.1 Å². The quantitative estimate of drug-likeness (QED) is 0.0567. The normalized spacial score (nSPS) is 30.0. The van der Waals surface area contributed by atoms with Crippen molar-refractivity contribution < 1.29 is 117 Å². The zero-order valence-electron chi connectivity index (χ0n) is 55.4. The Labute approximate surface area is 573 Å². The Morgan fingerprint density at radius 2 is 0.979 bits per heavy atom. The average molecular weight is 1410 g/mol. The van der Waals surface area contributed by atoms with Gasteiger partial charge in [0.1, 0.15) is 24.4 Å². The number of cyclic esters (lactones) is 1. The van der Waals surface area contributed by atoms with E-state index in [1.165, 1.54) is 13.8 Å². The molecule has 4 saturated carbocycles. The highest BCUT2D eigenvalue weighted by molar-refractivity contribution is 5.78. The number of hydrogen-bond acceptors (Lipinski definition) is 17. The van der Waals surface area contributed by atoms with Crippen molar-refractivity contribution in [2.45, 2.75) is 363 Å². The van der Waals surface area contributed by atoms with E-state index in [1.54, 1.807) is 20.8 Å². The van der Waals surface area contributed by atoms with Crippen molar-refractivity contribution in [3.8, 4) is 0 Å². The van der Waals surface area contributed by atoms with E-state index in [0.29, 0.717) is 58.3 Å². The van der Waals surface area contributed by atoms with E-state index < -0.39 is 98.5 Å². The van der Waals surface area contributed by atoms with Crippen LogP contribution < -0.4 is 0 Å². The van der Waals surface area contributed by atoms with E-state index in [0.717, 1.165) is 32.1 Å². The first-order valence-corrected chi connectivity index (χ1v) is 30.7. The molecule has 4 N–H and O–H groups in total. The minimum Gasteiger partial charge on any atom is -0.462 e. The molecule has 4 heterocycles. The van der Waals surface area contributed by atoms with E-state index in [1.807, 2.05) is 90.0 Å². The van der Waals surface area contributed by atoms with Crippen LogP contribution in [-0.2, 0) is 61.9 Å². The lowest BCUT2D eigenvalue weighted by Crippen LogP contribution is -2.70. The molecule has 0 aromatic heterocycles. The van der Waals surface area contributed by atoms with Gasteiger partial charge in [0.25, 0.3) is 0 Å². The lowest BCUT2D eigenvalue weighted by molar-refractivity contribution is -0.409. The fourth-order valence-electron chi connectivity index (χ4n) is 12.4. The summed E-state index contributed by atoms with van der Waals surface area (Å²) in [4.78, 5) is 59.4. The van der Waals surface area contributed by atoms with Crippen LogP contribution in [0.1, 0.15) is 281 Å². The SMILES string of the molecule is C.C.C.C.C.C.C.C.CCC(C)(C)C(=O)OC1(C)COC(O)(C(F)(F)F)C1(F)F.CCC(C)(C)C(=O)OC12CC3CC(C(C)(C)O)(C1)CC(C(C)(C)O)(C3)C2.CCC(C)(C)C(=O)OC1CC2OC1CC2C(C)(C)OCC(C)(O)C(F)(F)F.CCC(C)(C)C(=O)OC1COC(=O)C1. The van der Waals surface area contributed by atoms with Crippen molar-refractivity contribution in [2.24, 2.45) is 44.3 Å². The molecule has 0 aromatic rings. The number of carbonyl (C=O) groups is 5. The van der Waals surface area contributed by atoms with E-state index in [-0.39, 0.29) is 144 Å². The van der Waals surface area contributed by atoms with Gasteiger partial charge in [-0.1, -0.05) is 87.1 Å². The summed E-state index contributed by atoms with van der Waals surface area (Å²) in [5, 5.41) is 41.0. The Morgan fingerprint density at radius 1 is 0.573 bits per heavy atom. The van der Waals surface area contributed by atoms with Crippen molar-refractivity contribution in [3.05, 3.63) is 0 Å². The summed E-state index contributed by atoms with van der Waals surface area (Å²) in [6.45, 7) is 31.8. The van der Waals surface area contributed by atoms with Crippen molar-refractivity contribution in [3.63, 3.8) is 0 Å². The Balaban J connectivity index is -0.000000381. The number of esters is 5. The van der Waals surface area contributed by atoms with Gasteiger partial charge in [0.15, 0.2) is 5.60 Å². The molecule has 96 heavy (non-hydrogen) atoms. The van der Waals surface area contributed by atoms with Crippen molar-refractivity contribution >= 4 is 29.8 Å².